The summed E-state index contributed by atoms with van der Waals surface area (Å²) >= 11 is 0. The van der Waals surface area contributed by atoms with E-state index in [-0.39, 0.29) is 0 Å². The van der Waals surface area contributed by atoms with Crippen LogP contribution in [0.3, 0.4) is 0 Å². The number of rotatable bonds is 7. The molecule has 2 rings (SSSR count). The average Bonchev–Trinajstić information content (AvgIpc) is 3.15. The molecule has 0 aliphatic heterocycles. The Hall–Kier alpha value is -1.46. The number of para-hydroxylation sites is 1. The third kappa shape index (κ3) is 4.50. The molecular formula is C15H20N2. The zero-order valence-electron chi connectivity index (χ0n) is 10.2. The molecule has 1 aliphatic carbocycles. The minimum absolute atomic E-state index is 0.771. The maximum atomic E-state index is 5.40. The number of anilines is 1. The second-order valence-corrected chi connectivity index (χ2v) is 4.68. The quantitative estimate of drug-likeness (QED) is 0.721. The van der Waals surface area contributed by atoms with Crippen molar-refractivity contribution in [3.05, 3.63) is 30.3 Å². The first kappa shape index (κ1) is 12.0. The molecule has 0 unspecified atom stereocenters. The van der Waals surface area contributed by atoms with Crippen molar-refractivity contribution in [2.45, 2.75) is 12.8 Å². The van der Waals surface area contributed by atoms with Crippen LogP contribution in [0.4, 0.5) is 5.69 Å². The van der Waals surface area contributed by atoms with E-state index in [9.17, 15) is 0 Å². The molecule has 17 heavy (non-hydrogen) atoms. The number of hydrogen-bond acceptors (Lipinski definition) is 2. The Bertz CT molecular complexity index is 362. The van der Waals surface area contributed by atoms with Crippen molar-refractivity contribution in [1.82, 2.24) is 4.90 Å². The highest BCUT2D eigenvalue weighted by atomic mass is 15.1. The minimum atomic E-state index is 0.771. The van der Waals surface area contributed by atoms with Gasteiger partial charge in [0.05, 0.1) is 6.54 Å². The molecular weight excluding hydrogens is 208 g/mol. The zero-order chi connectivity index (χ0) is 11.9. The highest BCUT2D eigenvalue weighted by Gasteiger charge is 2.23. The Morgan fingerprint density at radius 1 is 1.29 bits per heavy atom. The lowest BCUT2D eigenvalue weighted by Crippen LogP contribution is -2.31. The molecule has 1 fully saturated rings. The van der Waals surface area contributed by atoms with Crippen molar-refractivity contribution in [2.75, 3.05) is 31.5 Å². The Morgan fingerprint density at radius 2 is 2.06 bits per heavy atom. The standard InChI is InChI=1S/C15H20N2/c1-2-11-17(13-14-8-9-14)12-10-16-15-6-4-3-5-7-15/h1,3-7,14,16H,8-13H2. The molecule has 2 nitrogen and oxygen atoms in total. The van der Waals surface area contributed by atoms with E-state index in [2.05, 4.69) is 28.3 Å². The molecule has 2 heteroatoms. The summed E-state index contributed by atoms with van der Waals surface area (Å²) in [6.45, 7) is 3.92. The van der Waals surface area contributed by atoms with E-state index < -0.39 is 0 Å². The molecule has 0 saturated heterocycles. The fourth-order valence-electron chi connectivity index (χ4n) is 1.94. The molecule has 0 atom stereocenters. The molecule has 90 valence electrons. The van der Waals surface area contributed by atoms with Gasteiger partial charge in [-0.05, 0) is 30.9 Å². The van der Waals surface area contributed by atoms with E-state index in [4.69, 9.17) is 6.42 Å². The van der Waals surface area contributed by atoms with Crippen LogP contribution in [0, 0.1) is 18.3 Å². The van der Waals surface area contributed by atoms with Crippen LogP contribution in [0.15, 0.2) is 30.3 Å². The number of nitrogens with zero attached hydrogens (tertiary/aromatic N) is 1. The van der Waals surface area contributed by atoms with Crippen LogP contribution in [0.25, 0.3) is 0 Å². The summed E-state index contributed by atoms with van der Waals surface area (Å²) in [5.41, 5.74) is 1.18. The highest BCUT2D eigenvalue weighted by Crippen LogP contribution is 2.29. The molecule has 1 saturated carbocycles. The molecule has 0 amide bonds. The summed E-state index contributed by atoms with van der Waals surface area (Å²) in [4.78, 5) is 2.37. The maximum absolute atomic E-state index is 5.40. The molecule has 0 spiro atoms. The van der Waals surface area contributed by atoms with Crippen molar-refractivity contribution >= 4 is 5.69 Å². The topological polar surface area (TPSA) is 15.3 Å². The molecule has 0 heterocycles. The molecule has 0 bridgehead atoms. The first-order valence-corrected chi connectivity index (χ1v) is 6.33. The van der Waals surface area contributed by atoms with E-state index >= 15 is 0 Å². The number of nitrogens with one attached hydrogen (secondary N) is 1. The van der Waals surface area contributed by atoms with E-state index in [1.807, 2.05) is 18.2 Å². The van der Waals surface area contributed by atoms with Crippen LogP contribution in [-0.4, -0.2) is 31.1 Å². The van der Waals surface area contributed by atoms with E-state index in [0.717, 1.165) is 25.6 Å². The van der Waals surface area contributed by atoms with E-state index in [1.165, 1.54) is 25.1 Å². The second-order valence-electron chi connectivity index (χ2n) is 4.68. The van der Waals surface area contributed by atoms with Gasteiger partial charge < -0.3 is 5.32 Å². The fourth-order valence-corrected chi connectivity index (χ4v) is 1.94. The summed E-state index contributed by atoms with van der Waals surface area (Å²) in [5, 5.41) is 3.42. The van der Waals surface area contributed by atoms with Crippen LogP contribution in [-0.2, 0) is 0 Å². The lowest BCUT2D eigenvalue weighted by atomic mass is 10.3. The third-order valence-corrected chi connectivity index (χ3v) is 3.06. The van der Waals surface area contributed by atoms with Crippen molar-refractivity contribution in [3.8, 4) is 12.3 Å². The highest BCUT2D eigenvalue weighted by molar-refractivity contribution is 5.42. The van der Waals surface area contributed by atoms with E-state index in [0.29, 0.717) is 0 Å². The molecule has 1 aromatic carbocycles. The predicted molar refractivity (Wildman–Crippen MR) is 72.9 cm³/mol. The largest absolute Gasteiger partial charge is 0.384 e. The minimum Gasteiger partial charge on any atom is -0.384 e. The summed E-state index contributed by atoms with van der Waals surface area (Å²) in [5.74, 6) is 3.65. The average molecular weight is 228 g/mol. The van der Waals surface area contributed by atoms with Gasteiger partial charge in [0.15, 0.2) is 0 Å². The summed E-state index contributed by atoms with van der Waals surface area (Å²) in [6.07, 6.45) is 8.16. The van der Waals surface area contributed by atoms with E-state index in [1.54, 1.807) is 0 Å². The van der Waals surface area contributed by atoms with Gasteiger partial charge in [0.1, 0.15) is 0 Å². The van der Waals surface area contributed by atoms with Crippen LogP contribution in [0.2, 0.25) is 0 Å². The molecule has 1 aliphatic rings. The van der Waals surface area contributed by atoms with Gasteiger partial charge in [0.25, 0.3) is 0 Å². The van der Waals surface area contributed by atoms with Crippen LogP contribution < -0.4 is 5.32 Å². The van der Waals surface area contributed by atoms with Crippen molar-refractivity contribution < 1.29 is 0 Å². The SMILES string of the molecule is C#CCN(CCNc1ccccc1)CC1CC1. The summed E-state index contributed by atoms with van der Waals surface area (Å²) in [6, 6.07) is 10.3. The second kappa shape index (κ2) is 6.32. The molecule has 0 aromatic heterocycles. The lowest BCUT2D eigenvalue weighted by molar-refractivity contribution is 0.305. The Balaban J connectivity index is 1.69. The Kier molecular flexibility index (Phi) is 4.46. The van der Waals surface area contributed by atoms with Gasteiger partial charge in [-0.1, -0.05) is 24.1 Å². The van der Waals surface area contributed by atoms with Gasteiger partial charge in [-0.3, -0.25) is 4.90 Å². The first-order valence-electron chi connectivity index (χ1n) is 6.33. The monoisotopic (exact) mass is 228 g/mol. The Labute approximate surface area is 104 Å². The summed E-state index contributed by atoms with van der Waals surface area (Å²) in [7, 11) is 0. The molecule has 0 radical (unpaired) electrons. The zero-order valence-corrected chi connectivity index (χ0v) is 10.2. The number of benzene rings is 1. The van der Waals surface area contributed by atoms with Gasteiger partial charge in [-0.25, -0.2) is 0 Å². The van der Waals surface area contributed by atoms with Gasteiger partial charge in [-0.2, -0.15) is 0 Å². The smallest absolute Gasteiger partial charge is 0.0599 e. The van der Waals surface area contributed by atoms with Crippen molar-refractivity contribution in [1.29, 1.82) is 0 Å². The first-order chi connectivity index (χ1) is 8.38. The Morgan fingerprint density at radius 3 is 2.71 bits per heavy atom. The van der Waals surface area contributed by atoms with Crippen LogP contribution in [0.1, 0.15) is 12.8 Å². The van der Waals surface area contributed by atoms with Crippen LogP contribution >= 0.6 is 0 Å². The van der Waals surface area contributed by atoms with Crippen molar-refractivity contribution in [3.63, 3.8) is 0 Å². The lowest BCUT2D eigenvalue weighted by Gasteiger charge is -2.19. The van der Waals surface area contributed by atoms with Gasteiger partial charge in [-0.15, -0.1) is 6.42 Å². The predicted octanol–water partition coefficient (Wildman–Crippen LogP) is 2.44. The maximum Gasteiger partial charge on any atom is 0.0599 e. The van der Waals surface area contributed by atoms with Gasteiger partial charge >= 0.3 is 0 Å². The number of hydrogen-bond donors (Lipinski definition) is 1. The normalized spacial score (nSPS) is 14.6. The molecule has 1 aromatic rings. The molecule has 1 N–H and O–H groups in total. The number of terminal acetylenes is 1. The van der Waals surface area contributed by atoms with Gasteiger partial charge in [0, 0.05) is 25.3 Å². The van der Waals surface area contributed by atoms with Gasteiger partial charge in [0.2, 0.25) is 0 Å². The summed E-state index contributed by atoms with van der Waals surface area (Å²) < 4.78 is 0. The fraction of sp³-hybridized carbons (Fsp3) is 0.467. The third-order valence-electron chi connectivity index (χ3n) is 3.06. The van der Waals surface area contributed by atoms with Crippen LogP contribution in [0.5, 0.6) is 0 Å². The van der Waals surface area contributed by atoms with Crippen molar-refractivity contribution in [2.24, 2.45) is 5.92 Å².